The van der Waals surface area contributed by atoms with Crippen molar-refractivity contribution in [1.82, 2.24) is 29.9 Å². The molecule has 1 atom stereocenters. The van der Waals surface area contributed by atoms with E-state index in [1.807, 2.05) is 43.0 Å². The first-order chi connectivity index (χ1) is 14.0. The largest absolute Gasteiger partial charge is 0.486 e. The van der Waals surface area contributed by atoms with Crippen LogP contribution >= 0.6 is 11.6 Å². The molecule has 1 amide bonds. The Morgan fingerprint density at radius 1 is 1.34 bits per heavy atom. The van der Waals surface area contributed by atoms with E-state index < -0.39 is 0 Å². The van der Waals surface area contributed by atoms with Gasteiger partial charge in [-0.05, 0) is 38.5 Å². The van der Waals surface area contributed by atoms with Crippen LogP contribution in [0.25, 0.3) is 0 Å². The molecule has 29 heavy (non-hydrogen) atoms. The Morgan fingerprint density at radius 3 is 2.93 bits per heavy atom. The average molecular weight is 415 g/mol. The lowest BCUT2D eigenvalue weighted by molar-refractivity contribution is -0.131. The normalized spacial score (nSPS) is 16.4. The Morgan fingerprint density at radius 2 is 2.17 bits per heavy atom. The Labute approximate surface area is 173 Å². The molecule has 1 aromatic carbocycles. The number of carbonyl (C=O) groups excluding carboxylic acids is 1. The van der Waals surface area contributed by atoms with Gasteiger partial charge in [0.2, 0.25) is 5.91 Å². The van der Waals surface area contributed by atoms with Crippen molar-refractivity contribution in [3.05, 3.63) is 58.4 Å². The van der Waals surface area contributed by atoms with Gasteiger partial charge in [-0.2, -0.15) is 10.2 Å². The maximum atomic E-state index is 12.6. The molecule has 9 heteroatoms. The van der Waals surface area contributed by atoms with Gasteiger partial charge in [-0.25, -0.2) is 9.67 Å². The van der Waals surface area contributed by atoms with Crippen LogP contribution < -0.4 is 4.74 Å². The number of benzene rings is 1. The van der Waals surface area contributed by atoms with Crippen LogP contribution in [0.2, 0.25) is 5.02 Å². The van der Waals surface area contributed by atoms with Crippen molar-refractivity contribution >= 4 is 17.5 Å². The molecule has 4 rings (SSSR count). The number of ether oxygens (including phenoxy) is 1. The van der Waals surface area contributed by atoms with E-state index in [4.69, 9.17) is 16.3 Å². The third kappa shape index (κ3) is 4.42. The summed E-state index contributed by atoms with van der Waals surface area (Å²) in [7, 11) is 0. The number of H-pyrrole nitrogens is 1. The van der Waals surface area contributed by atoms with Gasteiger partial charge in [-0.15, -0.1) is 0 Å². The van der Waals surface area contributed by atoms with Gasteiger partial charge in [0.05, 0.1) is 16.4 Å². The molecule has 1 aliphatic heterocycles. The summed E-state index contributed by atoms with van der Waals surface area (Å²) in [5.74, 6) is 2.34. The minimum Gasteiger partial charge on any atom is -0.486 e. The van der Waals surface area contributed by atoms with Crippen molar-refractivity contribution in [3.63, 3.8) is 0 Å². The fourth-order valence-corrected chi connectivity index (χ4v) is 3.74. The molecule has 1 saturated heterocycles. The summed E-state index contributed by atoms with van der Waals surface area (Å²) in [6.45, 7) is 5.63. The van der Waals surface area contributed by atoms with Gasteiger partial charge in [0.15, 0.2) is 0 Å². The number of hydrogen-bond donors (Lipinski definition) is 1. The van der Waals surface area contributed by atoms with Crippen molar-refractivity contribution in [2.75, 3.05) is 13.1 Å². The lowest BCUT2D eigenvalue weighted by atomic mass is 10.1. The van der Waals surface area contributed by atoms with Gasteiger partial charge in [0.25, 0.3) is 0 Å². The number of halogens is 1. The summed E-state index contributed by atoms with van der Waals surface area (Å²) in [5.41, 5.74) is 1.82. The summed E-state index contributed by atoms with van der Waals surface area (Å²) >= 11 is 6.12. The third-order valence-electron chi connectivity index (χ3n) is 5.08. The van der Waals surface area contributed by atoms with Crippen LogP contribution in [0, 0.1) is 13.8 Å². The molecule has 3 aromatic rings. The van der Waals surface area contributed by atoms with Crippen molar-refractivity contribution in [2.45, 2.75) is 39.3 Å². The van der Waals surface area contributed by atoms with E-state index in [1.54, 1.807) is 10.7 Å². The van der Waals surface area contributed by atoms with Gasteiger partial charge < -0.3 is 9.64 Å². The number of aromatic amines is 1. The Kier molecular flexibility index (Phi) is 5.53. The molecule has 0 saturated carbocycles. The average Bonchev–Trinajstić information content (AvgIpc) is 3.41. The number of carbonyl (C=O) groups is 1. The van der Waals surface area contributed by atoms with Crippen LogP contribution in [-0.4, -0.2) is 48.9 Å². The molecule has 1 N–H and O–H groups in total. The van der Waals surface area contributed by atoms with E-state index in [9.17, 15) is 4.79 Å². The van der Waals surface area contributed by atoms with E-state index in [1.165, 1.54) is 0 Å². The number of likely N-dealkylation sites (tertiary alicyclic amines) is 1. The van der Waals surface area contributed by atoms with E-state index in [0.29, 0.717) is 36.3 Å². The molecule has 1 fully saturated rings. The third-order valence-corrected chi connectivity index (χ3v) is 5.39. The molecule has 0 spiro atoms. The lowest BCUT2D eigenvalue weighted by Crippen LogP contribution is -2.32. The van der Waals surface area contributed by atoms with Crippen LogP contribution in [0.1, 0.15) is 35.4 Å². The molecule has 3 heterocycles. The predicted octanol–water partition coefficient (Wildman–Crippen LogP) is 2.87. The minimum absolute atomic E-state index is 0.0540. The summed E-state index contributed by atoms with van der Waals surface area (Å²) in [4.78, 5) is 18.7. The Balaban J connectivity index is 1.33. The Hall–Kier alpha value is -2.87. The molecular weight excluding hydrogens is 392 g/mol. The molecule has 0 aliphatic carbocycles. The number of nitrogens with zero attached hydrogens (tertiary/aromatic N) is 5. The van der Waals surface area contributed by atoms with Crippen molar-refractivity contribution in [1.29, 1.82) is 0 Å². The molecule has 0 radical (unpaired) electrons. The maximum Gasteiger partial charge on any atom is 0.244 e. The second-order valence-electron chi connectivity index (χ2n) is 7.23. The predicted molar refractivity (Wildman–Crippen MR) is 108 cm³/mol. The zero-order valence-electron chi connectivity index (χ0n) is 16.4. The topological polar surface area (TPSA) is 88.9 Å². The van der Waals surface area contributed by atoms with Crippen LogP contribution in [0.5, 0.6) is 5.75 Å². The first kappa shape index (κ1) is 19.4. The van der Waals surface area contributed by atoms with Crippen LogP contribution in [0.3, 0.4) is 0 Å². The highest BCUT2D eigenvalue weighted by Gasteiger charge is 2.29. The van der Waals surface area contributed by atoms with Crippen molar-refractivity contribution in [2.24, 2.45) is 0 Å². The summed E-state index contributed by atoms with van der Waals surface area (Å²) in [6, 6.07) is 9.37. The van der Waals surface area contributed by atoms with E-state index in [-0.39, 0.29) is 18.4 Å². The van der Waals surface area contributed by atoms with E-state index >= 15 is 0 Å². The first-order valence-electron chi connectivity index (χ1n) is 9.57. The van der Waals surface area contributed by atoms with Crippen LogP contribution in [-0.2, 0) is 17.9 Å². The molecule has 1 aliphatic rings. The molecule has 2 aromatic heterocycles. The van der Waals surface area contributed by atoms with Crippen LogP contribution in [0.15, 0.2) is 30.3 Å². The first-order valence-corrected chi connectivity index (χ1v) is 9.94. The standard InChI is InChI=1S/C20H23ClN6O2/c1-13-22-14(2)27(25-13)11-20(28)26-8-7-15(10-26)18-9-16(23-24-18)12-29-19-6-4-3-5-17(19)21/h3-6,9,15H,7-8,10-12H2,1-2H3,(H,23,24)/t15-/m1/s1. The number of amides is 1. The highest BCUT2D eigenvalue weighted by atomic mass is 35.5. The van der Waals surface area contributed by atoms with E-state index in [0.717, 1.165) is 23.6 Å². The van der Waals surface area contributed by atoms with Crippen LogP contribution in [0.4, 0.5) is 0 Å². The number of para-hydroxylation sites is 1. The van der Waals surface area contributed by atoms with Gasteiger partial charge in [-0.1, -0.05) is 23.7 Å². The summed E-state index contributed by atoms with van der Waals surface area (Å²) in [5, 5.41) is 12.3. The Bertz CT molecular complexity index is 1010. The minimum atomic E-state index is 0.0540. The highest BCUT2D eigenvalue weighted by Crippen LogP contribution is 2.27. The highest BCUT2D eigenvalue weighted by molar-refractivity contribution is 6.32. The monoisotopic (exact) mass is 414 g/mol. The summed E-state index contributed by atoms with van der Waals surface area (Å²) < 4.78 is 7.41. The smallest absolute Gasteiger partial charge is 0.244 e. The molecular formula is C20H23ClN6O2. The SMILES string of the molecule is Cc1nc(C)n(CC(=O)N2CC[C@@H](c3cc(COc4ccccc4Cl)[nH]n3)C2)n1. The maximum absolute atomic E-state index is 12.6. The number of aryl methyl sites for hydroxylation is 2. The van der Waals surface area contributed by atoms with E-state index in [2.05, 4.69) is 20.3 Å². The molecule has 8 nitrogen and oxygen atoms in total. The second-order valence-corrected chi connectivity index (χ2v) is 7.63. The fraction of sp³-hybridized carbons (Fsp3) is 0.400. The quantitative estimate of drug-likeness (QED) is 0.670. The zero-order valence-corrected chi connectivity index (χ0v) is 17.2. The zero-order chi connectivity index (χ0) is 20.4. The summed E-state index contributed by atoms with van der Waals surface area (Å²) in [6.07, 6.45) is 0.886. The van der Waals surface area contributed by atoms with Gasteiger partial charge in [0.1, 0.15) is 30.5 Å². The van der Waals surface area contributed by atoms with Crippen molar-refractivity contribution < 1.29 is 9.53 Å². The van der Waals surface area contributed by atoms with Crippen molar-refractivity contribution in [3.8, 4) is 5.75 Å². The number of nitrogens with one attached hydrogen (secondary N) is 1. The number of aromatic nitrogens is 5. The molecule has 152 valence electrons. The lowest BCUT2D eigenvalue weighted by Gasteiger charge is -2.16. The molecule has 0 unspecified atom stereocenters. The second kappa shape index (κ2) is 8.24. The number of rotatable bonds is 6. The van der Waals surface area contributed by atoms with Gasteiger partial charge >= 0.3 is 0 Å². The van der Waals surface area contributed by atoms with Gasteiger partial charge in [0, 0.05) is 19.0 Å². The number of hydrogen-bond acceptors (Lipinski definition) is 5. The molecule has 0 bridgehead atoms. The fourth-order valence-electron chi connectivity index (χ4n) is 3.55. The van der Waals surface area contributed by atoms with Gasteiger partial charge in [-0.3, -0.25) is 9.89 Å².